The van der Waals surface area contributed by atoms with E-state index in [1.165, 1.54) is 5.57 Å². The Morgan fingerprint density at radius 2 is 2.12 bits per heavy atom. The van der Waals surface area contributed by atoms with Crippen molar-refractivity contribution in [3.05, 3.63) is 53.1 Å². The van der Waals surface area contributed by atoms with E-state index in [-0.39, 0.29) is 0 Å². The first kappa shape index (κ1) is 11.2. The highest BCUT2D eigenvalue weighted by atomic mass is 16.3. The Morgan fingerprint density at radius 1 is 1.38 bits per heavy atom. The van der Waals surface area contributed by atoms with E-state index < -0.39 is 5.60 Å². The lowest BCUT2D eigenvalue weighted by Crippen LogP contribution is -2.27. The lowest BCUT2D eigenvalue weighted by Gasteiger charge is -2.31. The lowest BCUT2D eigenvalue weighted by atomic mass is 9.80. The third-order valence-corrected chi connectivity index (χ3v) is 3.06. The number of rotatable bonds is 2. The van der Waals surface area contributed by atoms with E-state index in [1.807, 2.05) is 18.2 Å². The average Bonchev–Trinajstić information content (AvgIpc) is 2.27. The summed E-state index contributed by atoms with van der Waals surface area (Å²) < 4.78 is 0. The summed E-state index contributed by atoms with van der Waals surface area (Å²) in [7, 11) is 0. The van der Waals surface area contributed by atoms with Crippen molar-refractivity contribution in [3.63, 3.8) is 0 Å². The van der Waals surface area contributed by atoms with Gasteiger partial charge in [-0.2, -0.15) is 0 Å². The van der Waals surface area contributed by atoms with Crippen LogP contribution < -0.4 is 0 Å². The fraction of sp³-hybridized carbons (Fsp3) is 0.333. The number of fused-ring (bicyclic) bond motifs is 1. The molecule has 0 bridgehead atoms. The molecule has 2 rings (SSSR count). The Morgan fingerprint density at radius 3 is 2.88 bits per heavy atom. The molecule has 1 aliphatic rings. The van der Waals surface area contributed by atoms with Crippen molar-refractivity contribution in [2.45, 2.75) is 32.3 Å². The lowest BCUT2D eigenvalue weighted by molar-refractivity contribution is 0.0413. The summed E-state index contributed by atoms with van der Waals surface area (Å²) in [6.07, 6.45) is 7.65. The van der Waals surface area contributed by atoms with Crippen molar-refractivity contribution in [1.82, 2.24) is 0 Å². The summed E-state index contributed by atoms with van der Waals surface area (Å²) in [5.74, 6) is 0. The molecule has 1 aliphatic carbocycles. The fourth-order valence-corrected chi connectivity index (χ4v) is 2.12. The summed E-state index contributed by atoms with van der Waals surface area (Å²) in [6, 6.07) is 8.08. The Bertz CT molecular complexity index is 439. The van der Waals surface area contributed by atoms with E-state index >= 15 is 0 Å². The van der Waals surface area contributed by atoms with Crippen LogP contribution in [0.15, 0.2) is 42.0 Å². The molecule has 16 heavy (non-hydrogen) atoms. The summed E-state index contributed by atoms with van der Waals surface area (Å²) in [5.41, 5.74) is 2.72. The molecular weight excluding hydrogens is 196 g/mol. The molecule has 0 fully saturated rings. The molecule has 1 atom stereocenters. The van der Waals surface area contributed by atoms with Gasteiger partial charge in [-0.15, -0.1) is 0 Å². The normalized spacial score (nSPS) is 22.7. The Labute approximate surface area is 97.1 Å². The van der Waals surface area contributed by atoms with E-state index in [1.54, 1.807) is 0 Å². The van der Waals surface area contributed by atoms with Crippen molar-refractivity contribution in [2.24, 2.45) is 0 Å². The van der Waals surface area contributed by atoms with Crippen LogP contribution in [0.3, 0.4) is 0 Å². The average molecular weight is 214 g/mol. The monoisotopic (exact) mass is 214 g/mol. The summed E-state index contributed by atoms with van der Waals surface area (Å²) in [4.78, 5) is 0. The number of aliphatic hydroxyl groups is 1. The van der Waals surface area contributed by atoms with Crippen LogP contribution in [0.1, 0.15) is 37.8 Å². The van der Waals surface area contributed by atoms with Gasteiger partial charge in [0.15, 0.2) is 0 Å². The van der Waals surface area contributed by atoms with Crippen LogP contribution >= 0.6 is 0 Å². The molecule has 1 heteroatoms. The predicted octanol–water partition coefficient (Wildman–Crippen LogP) is 3.65. The van der Waals surface area contributed by atoms with E-state index in [4.69, 9.17) is 0 Å². The third kappa shape index (κ3) is 2.10. The Balaban J connectivity index is 2.36. The molecule has 0 heterocycles. The fourth-order valence-electron chi connectivity index (χ4n) is 2.12. The standard InChI is InChI=1S/C15H18O/c1-12(2)9-11-15(16)10-5-7-13-6-3-4-8-14(13)15/h3-9,16H,10-11H2,1-2H3. The van der Waals surface area contributed by atoms with E-state index in [0.29, 0.717) is 12.8 Å². The van der Waals surface area contributed by atoms with Gasteiger partial charge in [-0.05, 0) is 37.8 Å². The summed E-state index contributed by atoms with van der Waals surface area (Å²) in [5, 5.41) is 10.7. The van der Waals surface area contributed by atoms with Gasteiger partial charge in [-0.25, -0.2) is 0 Å². The van der Waals surface area contributed by atoms with E-state index in [0.717, 1.165) is 11.1 Å². The van der Waals surface area contributed by atoms with Crippen LogP contribution in [0.25, 0.3) is 6.08 Å². The first-order valence-electron chi connectivity index (χ1n) is 5.74. The number of hydrogen-bond donors (Lipinski definition) is 1. The third-order valence-electron chi connectivity index (χ3n) is 3.06. The van der Waals surface area contributed by atoms with Crippen LogP contribution in [-0.2, 0) is 5.60 Å². The zero-order valence-electron chi connectivity index (χ0n) is 9.90. The van der Waals surface area contributed by atoms with Gasteiger partial charge in [0.2, 0.25) is 0 Å². The summed E-state index contributed by atoms with van der Waals surface area (Å²) >= 11 is 0. The molecule has 1 nitrogen and oxygen atoms in total. The molecule has 0 amide bonds. The maximum absolute atomic E-state index is 10.7. The van der Waals surface area contributed by atoms with Crippen molar-refractivity contribution in [1.29, 1.82) is 0 Å². The maximum atomic E-state index is 10.7. The molecule has 1 aromatic rings. The van der Waals surface area contributed by atoms with Crippen molar-refractivity contribution >= 4 is 6.08 Å². The topological polar surface area (TPSA) is 20.2 Å². The second-order valence-corrected chi connectivity index (χ2v) is 4.71. The minimum Gasteiger partial charge on any atom is -0.384 e. The zero-order chi connectivity index (χ0) is 11.6. The number of allylic oxidation sites excluding steroid dienone is 1. The minimum atomic E-state index is -0.720. The van der Waals surface area contributed by atoms with Gasteiger partial charge in [-0.1, -0.05) is 48.1 Å². The highest BCUT2D eigenvalue weighted by Crippen LogP contribution is 2.36. The van der Waals surface area contributed by atoms with E-state index in [2.05, 4.69) is 38.1 Å². The molecule has 1 aromatic carbocycles. The molecule has 0 saturated carbocycles. The molecule has 84 valence electrons. The highest BCUT2D eigenvalue weighted by molar-refractivity contribution is 5.58. The number of hydrogen-bond acceptors (Lipinski definition) is 1. The van der Waals surface area contributed by atoms with Crippen molar-refractivity contribution < 1.29 is 5.11 Å². The molecule has 1 unspecified atom stereocenters. The van der Waals surface area contributed by atoms with Crippen LogP contribution in [-0.4, -0.2) is 5.11 Å². The number of benzene rings is 1. The Kier molecular flexibility index (Phi) is 2.97. The summed E-state index contributed by atoms with van der Waals surface area (Å²) in [6.45, 7) is 4.13. The largest absolute Gasteiger partial charge is 0.384 e. The quantitative estimate of drug-likeness (QED) is 0.745. The Hall–Kier alpha value is -1.34. The smallest absolute Gasteiger partial charge is 0.0970 e. The molecular formula is C15H18O. The van der Waals surface area contributed by atoms with Gasteiger partial charge in [0.05, 0.1) is 5.60 Å². The second-order valence-electron chi connectivity index (χ2n) is 4.71. The molecule has 0 aromatic heterocycles. The van der Waals surface area contributed by atoms with Crippen LogP contribution in [0.4, 0.5) is 0 Å². The van der Waals surface area contributed by atoms with E-state index in [9.17, 15) is 5.11 Å². The van der Waals surface area contributed by atoms with Crippen molar-refractivity contribution in [2.75, 3.05) is 0 Å². The highest BCUT2D eigenvalue weighted by Gasteiger charge is 2.30. The van der Waals surface area contributed by atoms with Gasteiger partial charge in [0.25, 0.3) is 0 Å². The van der Waals surface area contributed by atoms with Crippen LogP contribution in [0, 0.1) is 0 Å². The van der Waals surface area contributed by atoms with Crippen molar-refractivity contribution in [3.8, 4) is 0 Å². The molecule has 1 N–H and O–H groups in total. The second kappa shape index (κ2) is 4.26. The molecule has 0 aliphatic heterocycles. The first-order chi connectivity index (χ1) is 7.62. The predicted molar refractivity (Wildman–Crippen MR) is 68.0 cm³/mol. The zero-order valence-corrected chi connectivity index (χ0v) is 9.90. The van der Waals surface area contributed by atoms with Gasteiger partial charge >= 0.3 is 0 Å². The van der Waals surface area contributed by atoms with Gasteiger partial charge in [0, 0.05) is 0 Å². The van der Waals surface area contributed by atoms with Crippen LogP contribution in [0.2, 0.25) is 0 Å². The molecule has 0 spiro atoms. The van der Waals surface area contributed by atoms with Gasteiger partial charge in [0.1, 0.15) is 0 Å². The minimum absolute atomic E-state index is 0.691. The first-order valence-corrected chi connectivity index (χ1v) is 5.74. The van der Waals surface area contributed by atoms with Gasteiger partial charge < -0.3 is 5.11 Å². The maximum Gasteiger partial charge on any atom is 0.0970 e. The SMILES string of the molecule is CC(C)=CCC1(O)CC=Cc2ccccc21. The van der Waals surface area contributed by atoms with Crippen LogP contribution in [0.5, 0.6) is 0 Å². The van der Waals surface area contributed by atoms with Gasteiger partial charge in [-0.3, -0.25) is 0 Å². The molecule has 0 radical (unpaired) electrons. The molecule has 0 saturated heterocycles.